The van der Waals surface area contributed by atoms with Gasteiger partial charge in [-0.25, -0.2) is 4.79 Å². The van der Waals surface area contributed by atoms with Crippen LogP contribution < -0.4 is 11.1 Å². The van der Waals surface area contributed by atoms with E-state index in [1.165, 1.54) is 16.7 Å². The summed E-state index contributed by atoms with van der Waals surface area (Å²) in [4.78, 5) is 38.4. The van der Waals surface area contributed by atoms with E-state index in [-0.39, 0.29) is 10.9 Å². The molecule has 26 heavy (non-hydrogen) atoms. The minimum atomic E-state index is -1.15. The highest BCUT2D eigenvalue weighted by Crippen LogP contribution is 2.40. The van der Waals surface area contributed by atoms with Crippen LogP contribution in [0.5, 0.6) is 0 Å². The van der Waals surface area contributed by atoms with Crippen molar-refractivity contribution in [2.24, 2.45) is 5.73 Å². The van der Waals surface area contributed by atoms with E-state index >= 15 is 0 Å². The van der Waals surface area contributed by atoms with E-state index in [1.807, 2.05) is 25.3 Å². The lowest BCUT2D eigenvalue weighted by molar-refractivity contribution is -0.150. The summed E-state index contributed by atoms with van der Waals surface area (Å²) >= 11 is 3.02. The highest BCUT2D eigenvalue weighted by molar-refractivity contribution is 8.00. The number of rotatable bonds is 5. The molecule has 0 saturated carbocycles. The molecule has 0 aromatic heterocycles. The number of β-lactam (4-membered cyclic amide) rings is 1. The molecule has 0 spiro atoms. The van der Waals surface area contributed by atoms with Gasteiger partial charge in [0.05, 0.1) is 0 Å². The second-order valence-corrected chi connectivity index (χ2v) is 8.41. The number of benzene rings is 1. The standard InChI is InChI=1S/C17H19N3O4S2/c1-8-7-11(17(23)24)20-15(22)13(16(20)26-8)19-14(21)12(18)9-3-5-10(25-2)6-4-9/h3-8,12-13,16H,18H2,1-2H3,(H,19,21)(H,23,24)/t8?,12?,13?,16-/m1/s1. The Morgan fingerprint density at radius 3 is 2.58 bits per heavy atom. The van der Waals surface area contributed by atoms with Crippen LogP contribution in [0, 0.1) is 0 Å². The van der Waals surface area contributed by atoms with Crippen molar-refractivity contribution in [3.8, 4) is 0 Å². The van der Waals surface area contributed by atoms with Gasteiger partial charge in [-0.15, -0.1) is 23.5 Å². The third-order valence-corrected chi connectivity index (χ3v) is 6.39. The summed E-state index contributed by atoms with van der Waals surface area (Å²) in [5.74, 6) is -2.04. The topological polar surface area (TPSA) is 113 Å². The fourth-order valence-electron chi connectivity index (χ4n) is 2.93. The number of thioether (sulfide) groups is 2. The first kappa shape index (κ1) is 18.8. The predicted molar refractivity (Wildman–Crippen MR) is 100 cm³/mol. The summed E-state index contributed by atoms with van der Waals surface area (Å²) in [5.41, 5.74) is 6.64. The van der Waals surface area contributed by atoms with Gasteiger partial charge in [-0.1, -0.05) is 12.1 Å². The number of amides is 2. The molecule has 1 fully saturated rings. The highest BCUT2D eigenvalue weighted by Gasteiger charge is 2.54. The average molecular weight is 393 g/mol. The fourth-order valence-corrected chi connectivity index (χ4v) is 4.67. The molecule has 3 rings (SSSR count). The molecule has 1 aromatic carbocycles. The van der Waals surface area contributed by atoms with Crippen molar-refractivity contribution in [1.29, 1.82) is 0 Å². The molecule has 2 aliphatic rings. The molecule has 0 bridgehead atoms. The van der Waals surface area contributed by atoms with Crippen molar-refractivity contribution in [1.82, 2.24) is 10.2 Å². The van der Waals surface area contributed by atoms with Crippen LogP contribution in [0.3, 0.4) is 0 Å². The molecule has 0 aliphatic carbocycles. The van der Waals surface area contributed by atoms with E-state index in [4.69, 9.17) is 5.73 Å². The number of nitrogens with one attached hydrogen (secondary N) is 1. The van der Waals surface area contributed by atoms with Crippen LogP contribution in [0.15, 0.2) is 40.9 Å². The lowest BCUT2D eigenvalue weighted by atomic mass is 10.0. The van der Waals surface area contributed by atoms with Crippen LogP contribution in [0.1, 0.15) is 18.5 Å². The Morgan fingerprint density at radius 2 is 2.00 bits per heavy atom. The normalized spacial score (nSPS) is 25.7. The Labute approximate surface area is 159 Å². The van der Waals surface area contributed by atoms with Gasteiger partial charge in [-0.2, -0.15) is 0 Å². The van der Waals surface area contributed by atoms with E-state index < -0.39 is 35.2 Å². The molecule has 138 valence electrons. The number of aliphatic carboxylic acids is 1. The highest BCUT2D eigenvalue weighted by atomic mass is 32.2. The number of nitrogens with zero attached hydrogens (tertiary/aromatic N) is 1. The summed E-state index contributed by atoms with van der Waals surface area (Å²) in [6.07, 6.45) is 3.50. The Kier molecular flexibility index (Phi) is 5.31. The van der Waals surface area contributed by atoms with Crippen LogP contribution in [0.4, 0.5) is 0 Å². The molecule has 7 nitrogen and oxygen atoms in total. The second-order valence-electron chi connectivity index (χ2n) is 6.03. The molecular weight excluding hydrogens is 374 g/mol. The zero-order valence-corrected chi connectivity index (χ0v) is 15.8. The zero-order chi connectivity index (χ0) is 19.0. The molecule has 2 aliphatic heterocycles. The minimum Gasteiger partial charge on any atom is -0.477 e. The molecule has 2 heterocycles. The molecule has 4 N–H and O–H groups in total. The number of carbonyl (C=O) groups is 3. The smallest absolute Gasteiger partial charge is 0.352 e. The maximum atomic E-state index is 12.5. The van der Waals surface area contributed by atoms with Crippen molar-refractivity contribution in [3.05, 3.63) is 41.6 Å². The van der Waals surface area contributed by atoms with Crippen molar-refractivity contribution in [3.63, 3.8) is 0 Å². The average Bonchev–Trinajstić information content (AvgIpc) is 2.64. The first-order chi connectivity index (χ1) is 12.3. The van der Waals surface area contributed by atoms with Crippen LogP contribution >= 0.6 is 23.5 Å². The lowest BCUT2D eigenvalue weighted by Gasteiger charge is -2.49. The van der Waals surface area contributed by atoms with Crippen LogP contribution in [-0.4, -0.2) is 50.7 Å². The van der Waals surface area contributed by atoms with E-state index in [0.29, 0.717) is 5.56 Å². The number of nitrogens with two attached hydrogens (primary N) is 1. The number of carboxylic acids is 1. The number of carboxylic acid groups (broad SMARTS) is 1. The summed E-state index contributed by atoms with van der Waals surface area (Å²) < 4.78 is 0. The summed E-state index contributed by atoms with van der Waals surface area (Å²) in [6, 6.07) is 5.67. The Morgan fingerprint density at radius 1 is 1.35 bits per heavy atom. The van der Waals surface area contributed by atoms with Crippen LogP contribution in [0.2, 0.25) is 0 Å². The molecule has 3 unspecified atom stereocenters. The van der Waals surface area contributed by atoms with Gasteiger partial charge in [0.15, 0.2) is 0 Å². The van der Waals surface area contributed by atoms with Crippen molar-refractivity contribution < 1.29 is 19.5 Å². The number of hydrogen-bond donors (Lipinski definition) is 3. The van der Waals surface area contributed by atoms with Crippen molar-refractivity contribution in [2.45, 2.75) is 34.5 Å². The minimum absolute atomic E-state index is 0.0336. The first-order valence-corrected chi connectivity index (χ1v) is 10.1. The van der Waals surface area contributed by atoms with Gasteiger partial charge in [-0.05, 0) is 37.0 Å². The van der Waals surface area contributed by atoms with Crippen molar-refractivity contribution >= 4 is 41.3 Å². The van der Waals surface area contributed by atoms with E-state index in [1.54, 1.807) is 30.0 Å². The molecule has 1 saturated heterocycles. The van der Waals surface area contributed by atoms with E-state index in [0.717, 1.165) is 4.90 Å². The maximum absolute atomic E-state index is 12.5. The van der Waals surface area contributed by atoms with Gasteiger partial charge < -0.3 is 16.2 Å². The SMILES string of the molecule is CSc1ccc(C(N)C(=O)NC2C(=O)N3C(C(=O)O)=CC(C)S[C@H]23)cc1. The maximum Gasteiger partial charge on any atom is 0.352 e. The zero-order valence-electron chi connectivity index (χ0n) is 14.2. The van der Waals surface area contributed by atoms with Gasteiger partial charge in [0.25, 0.3) is 5.91 Å². The van der Waals surface area contributed by atoms with Gasteiger partial charge in [-0.3, -0.25) is 14.5 Å². The Balaban J connectivity index is 1.69. The summed E-state index contributed by atoms with van der Waals surface area (Å²) in [7, 11) is 0. The fraction of sp³-hybridized carbons (Fsp3) is 0.353. The largest absolute Gasteiger partial charge is 0.477 e. The number of fused-ring (bicyclic) bond motifs is 1. The molecular formula is C17H19N3O4S2. The van der Waals surface area contributed by atoms with Crippen LogP contribution in [0.25, 0.3) is 0 Å². The van der Waals surface area contributed by atoms with Crippen molar-refractivity contribution in [2.75, 3.05) is 6.26 Å². The number of hydrogen-bond acceptors (Lipinski definition) is 6. The molecule has 2 amide bonds. The van der Waals surface area contributed by atoms with E-state index in [9.17, 15) is 19.5 Å². The molecule has 9 heteroatoms. The third-order valence-electron chi connectivity index (χ3n) is 4.32. The Bertz CT molecular complexity index is 781. The summed E-state index contributed by atoms with van der Waals surface area (Å²) in [6.45, 7) is 1.85. The predicted octanol–water partition coefficient (Wildman–Crippen LogP) is 1.17. The van der Waals surface area contributed by atoms with E-state index in [2.05, 4.69) is 5.32 Å². The number of carbonyl (C=O) groups excluding carboxylic acids is 2. The monoisotopic (exact) mass is 393 g/mol. The van der Waals surface area contributed by atoms with Gasteiger partial charge >= 0.3 is 5.97 Å². The lowest BCUT2D eigenvalue weighted by Crippen LogP contribution is -2.71. The second kappa shape index (κ2) is 7.34. The van der Waals surface area contributed by atoms with Gasteiger partial charge in [0, 0.05) is 10.1 Å². The van der Waals surface area contributed by atoms with Crippen LogP contribution in [-0.2, 0) is 14.4 Å². The Hall–Kier alpha value is -1.97. The molecule has 0 radical (unpaired) electrons. The molecule has 1 aromatic rings. The van der Waals surface area contributed by atoms with Gasteiger partial charge in [0.1, 0.15) is 23.2 Å². The third kappa shape index (κ3) is 3.34. The first-order valence-electron chi connectivity index (χ1n) is 7.97. The summed E-state index contributed by atoms with van der Waals surface area (Å²) in [5, 5.41) is 11.4. The van der Waals surface area contributed by atoms with Gasteiger partial charge in [0.2, 0.25) is 5.91 Å². The molecule has 4 atom stereocenters. The quantitative estimate of drug-likeness (QED) is 0.508.